The molecule has 0 saturated carbocycles. The summed E-state index contributed by atoms with van der Waals surface area (Å²) in [6.07, 6.45) is -0.265. The van der Waals surface area contributed by atoms with Crippen LogP contribution in [0.3, 0.4) is 0 Å². The molecule has 0 aromatic heterocycles. The van der Waals surface area contributed by atoms with Gasteiger partial charge in [-0.15, -0.1) is 11.6 Å². The van der Waals surface area contributed by atoms with E-state index in [0.29, 0.717) is 32.1 Å². The Balaban J connectivity index is 2.11. The minimum Gasteiger partial charge on any atom is -0.444 e. The molecule has 2 saturated heterocycles. The highest BCUT2D eigenvalue weighted by Crippen LogP contribution is 2.52. The van der Waals surface area contributed by atoms with E-state index in [0.717, 1.165) is 0 Å². The van der Waals surface area contributed by atoms with E-state index in [-0.39, 0.29) is 22.8 Å². The van der Waals surface area contributed by atoms with Crippen molar-refractivity contribution < 1.29 is 14.3 Å². The second-order valence-corrected chi connectivity index (χ2v) is 9.90. The molecular weight excluding hydrogens is 328 g/mol. The first kappa shape index (κ1) is 19.4. The van der Waals surface area contributed by atoms with Gasteiger partial charge in [-0.05, 0) is 34.6 Å². The van der Waals surface area contributed by atoms with Crippen LogP contribution in [-0.2, 0) is 9.53 Å². The summed E-state index contributed by atoms with van der Waals surface area (Å²) in [6, 6.07) is 0. The standard InChI is InChI=1S/C18H31ClN2O3/c1-15(2,3)24-14(23)21-11-17(6)9-20(10-18(17,7)12-21)13(22)16(4,5)8-19/h8-12H2,1-7H3/t17-,18-/m0/s1. The van der Waals surface area contributed by atoms with Crippen LogP contribution in [-0.4, -0.2) is 59.5 Å². The van der Waals surface area contributed by atoms with Crippen LogP contribution in [0.15, 0.2) is 0 Å². The number of ether oxygens (including phenoxy) is 1. The van der Waals surface area contributed by atoms with Gasteiger partial charge in [-0.3, -0.25) is 4.79 Å². The maximum Gasteiger partial charge on any atom is 0.410 e. The molecule has 2 aliphatic rings. The van der Waals surface area contributed by atoms with Crippen LogP contribution in [0.2, 0.25) is 0 Å². The Labute approximate surface area is 150 Å². The SMILES string of the molecule is CC(C)(C)OC(=O)N1C[C@]2(C)CN(C(=O)C(C)(C)CCl)C[C@@]2(C)C1. The zero-order chi connectivity index (χ0) is 18.6. The minimum atomic E-state index is -0.558. The summed E-state index contributed by atoms with van der Waals surface area (Å²) in [6.45, 7) is 16.3. The largest absolute Gasteiger partial charge is 0.444 e. The normalized spacial score (nSPS) is 30.5. The van der Waals surface area contributed by atoms with E-state index in [1.165, 1.54) is 0 Å². The number of nitrogens with zero attached hydrogens (tertiary/aromatic N) is 2. The number of hydrogen-bond acceptors (Lipinski definition) is 3. The number of likely N-dealkylation sites (tertiary alicyclic amines) is 2. The van der Waals surface area contributed by atoms with E-state index >= 15 is 0 Å². The lowest BCUT2D eigenvalue weighted by Gasteiger charge is -2.31. The van der Waals surface area contributed by atoms with Crippen molar-refractivity contribution in [1.82, 2.24) is 9.80 Å². The number of alkyl halides is 1. The highest BCUT2D eigenvalue weighted by Gasteiger charge is 2.60. The van der Waals surface area contributed by atoms with E-state index in [9.17, 15) is 9.59 Å². The molecule has 0 aliphatic carbocycles. The van der Waals surface area contributed by atoms with Crippen LogP contribution in [0.25, 0.3) is 0 Å². The molecule has 0 bridgehead atoms. The van der Waals surface area contributed by atoms with E-state index < -0.39 is 11.0 Å². The Morgan fingerprint density at radius 3 is 1.75 bits per heavy atom. The quantitative estimate of drug-likeness (QED) is 0.711. The third-order valence-corrected chi connectivity index (χ3v) is 6.14. The monoisotopic (exact) mass is 358 g/mol. The van der Waals surface area contributed by atoms with E-state index in [1.807, 2.05) is 39.5 Å². The zero-order valence-corrected chi connectivity index (χ0v) is 16.8. The van der Waals surface area contributed by atoms with E-state index in [1.54, 1.807) is 4.90 Å². The molecule has 0 aromatic rings. The number of halogens is 1. The Kier molecular flexibility index (Phi) is 4.67. The average molecular weight is 359 g/mol. The Bertz CT molecular complexity index is 523. The predicted molar refractivity (Wildman–Crippen MR) is 95.1 cm³/mol. The Hall–Kier alpha value is -0.970. The first-order chi connectivity index (χ1) is 10.7. The smallest absolute Gasteiger partial charge is 0.410 e. The number of hydrogen-bond donors (Lipinski definition) is 0. The molecule has 24 heavy (non-hydrogen) atoms. The second-order valence-electron chi connectivity index (χ2n) is 9.64. The van der Waals surface area contributed by atoms with Gasteiger partial charge in [0.25, 0.3) is 0 Å². The summed E-state index contributed by atoms with van der Waals surface area (Å²) in [5.41, 5.74) is -1.30. The molecule has 2 aliphatic heterocycles. The molecule has 2 fully saturated rings. The lowest BCUT2D eigenvalue weighted by molar-refractivity contribution is -0.138. The molecule has 2 heterocycles. The van der Waals surface area contributed by atoms with Gasteiger partial charge in [-0.25, -0.2) is 4.79 Å². The summed E-state index contributed by atoms with van der Waals surface area (Å²) in [5.74, 6) is 0.401. The molecule has 0 N–H and O–H groups in total. The lowest BCUT2D eigenvalue weighted by Crippen LogP contribution is -2.44. The van der Waals surface area contributed by atoms with Crippen molar-refractivity contribution in [3.63, 3.8) is 0 Å². The number of rotatable bonds is 2. The van der Waals surface area contributed by atoms with Crippen LogP contribution >= 0.6 is 11.6 Å². The molecule has 2 rings (SSSR count). The van der Waals surface area contributed by atoms with Crippen LogP contribution in [0.1, 0.15) is 48.5 Å². The van der Waals surface area contributed by atoms with Crippen molar-refractivity contribution in [2.24, 2.45) is 16.2 Å². The second kappa shape index (κ2) is 5.79. The summed E-state index contributed by atoms with van der Waals surface area (Å²) in [7, 11) is 0. The van der Waals surface area contributed by atoms with Gasteiger partial charge in [0.05, 0.1) is 5.41 Å². The highest BCUT2D eigenvalue weighted by molar-refractivity contribution is 6.19. The Morgan fingerprint density at radius 1 is 0.958 bits per heavy atom. The van der Waals surface area contributed by atoms with Crippen molar-refractivity contribution in [2.75, 3.05) is 32.1 Å². The molecule has 138 valence electrons. The minimum absolute atomic E-state index is 0.0955. The van der Waals surface area contributed by atoms with Crippen LogP contribution in [0.4, 0.5) is 4.79 Å². The fourth-order valence-corrected chi connectivity index (χ4v) is 3.86. The van der Waals surface area contributed by atoms with Gasteiger partial charge in [0.15, 0.2) is 0 Å². The van der Waals surface area contributed by atoms with Gasteiger partial charge < -0.3 is 14.5 Å². The molecule has 0 unspecified atom stereocenters. The molecule has 0 aromatic carbocycles. The van der Waals surface area contributed by atoms with Gasteiger partial charge >= 0.3 is 6.09 Å². The first-order valence-corrected chi connectivity index (χ1v) is 9.10. The number of amides is 2. The maximum atomic E-state index is 12.8. The molecule has 2 atom stereocenters. The van der Waals surface area contributed by atoms with Crippen LogP contribution in [0.5, 0.6) is 0 Å². The summed E-state index contributed by atoms with van der Waals surface area (Å²) in [4.78, 5) is 28.9. The predicted octanol–water partition coefficient (Wildman–Crippen LogP) is 3.36. The summed E-state index contributed by atoms with van der Waals surface area (Å²) in [5, 5.41) is 0. The fraction of sp³-hybridized carbons (Fsp3) is 0.889. The summed E-state index contributed by atoms with van der Waals surface area (Å²) < 4.78 is 5.51. The van der Waals surface area contributed by atoms with Gasteiger partial charge in [-0.1, -0.05) is 13.8 Å². The van der Waals surface area contributed by atoms with Gasteiger partial charge in [0, 0.05) is 42.9 Å². The third kappa shape index (κ3) is 3.37. The van der Waals surface area contributed by atoms with Crippen LogP contribution < -0.4 is 0 Å². The number of carbonyl (C=O) groups excluding carboxylic acids is 2. The summed E-state index contributed by atoms with van der Waals surface area (Å²) >= 11 is 5.97. The zero-order valence-electron chi connectivity index (χ0n) is 16.0. The topological polar surface area (TPSA) is 49.9 Å². The van der Waals surface area contributed by atoms with E-state index in [4.69, 9.17) is 16.3 Å². The number of carbonyl (C=O) groups is 2. The number of fused-ring (bicyclic) bond motifs is 1. The van der Waals surface area contributed by atoms with Crippen LogP contribution in [0, 0.1) is 16.2 Å². The first-order valence-electron chi connectivity index (χ1n) is 8.56. The lowest BCUT2D eigenvalue weighted by atomic mass is 9.71. The van der Waals surface area contributed by atoms with Gasteiger partial charge in [-0.2, -0.15) is 0 Å². The van der Waals surface area contributed by atoms with Crippen molar-refractivity contribution >= 4 is 23.6 Å². The molecule has 2 amide bonds. The Morgan fingerprint density at radius 2 is 1.38 bits per heavy atom. The van der Waals surface area contributed by atoms with E-state index in [2.05, 4.69) is 13.8 Å². The average Bonchev–Trinajstić information content (AvgIpc) is 2.81. The van der Waals surface area contributed by atoms with Crippen molar-refractivity contribution in [1.29, 1.82) is 0 Å². The van der Waals surface area contributed by atoms with Crippen molar-refractivity contribution in [2.45, 2.75) is 54.1 Å². The molecule has 5 nitrogen and oxygen atoms in total. The van der Waals surface area contributed by atoms with Gasteiger partial charge in [0.2, 0.25) is 5.91 Å². The van der Waals surface area contributed by atoms with Crippen molar-refractivity contribution in [3.05, 3.63) is 0 Å². The molecule has 0 spiro atoms. The molecular formula is C18H31ClN2O3. The fourth-order valence-electron chi connectivity index (χ4n) is 3.74. The maximum absolute atomic E-state index is 12.8. The molecule has 0 radical (unpaired) electrons. The van der Waals surface area contributed by atoms with Gasteiger partial charge in [0.1, 0.15) is 5.60 Å². The molecule has 6 heteroatoms. The van der Waals surface area contributed by atoms with Crippen molar-refractivity contribution in [3.8, 4) is 0 Å². The highest BCUT2D eigenvalue weighted by atomic mass is 35.5. The third-order valence-electron chi connectivity index (χ3n) is 5.47.